The van der Waals surface area contributed by atoms with Gasteiger partial charge in [0.2, 0.25) is 0 Å². The van der Waals surface area contributed by atoms with Crippen molar-refractivity contribution in [1.29, 1.82) is 0 Å². The molecule has 0 rings (SSSR count). The average Bonchev–Trinajstić information content (AvgIpc) is 2.26. The van der Waals surface area contributed by atoms with E-state index in [1.807, 2.05) is 6.92 Å². The molecule has 1 heteroatoms. The molecule has 0 heterocycles. The van der Waals surface area contributed by atoms with E-state index in [2.05, 4.69) is 32.1 Å². The summed E-state index contributed by atoms with van der Waals surface area (Å²) in [6, 6.07) is 0. The molecule has 0 bridgehead atoms. The van der Waals surface area contributed by atoms with E-state index in [1.54, 1.807) is 0 Å². The predicted molar refractivity (Wildman–Crippen MR) is 66.4 cm³/mol. The second kappa shape index (κ2) is 9.97. The molecule has 0 aliphatic heterocycles. The zero-order chi connectivity index (χ0) is 11.5. The maximum Gasteiger partial charge on any atom is 0.103 e. The molecule has 0 aromatic carbocycles. The lowest BCUT2D eigenvalue weighted by molar-refractivity contribution is 0.223. The van der Waals surface area contributed by atoms with Gasteiger partial charge in [-0.25, -0.2) is 5.11 Å². The van der Waals surface area contributed by atoms with E-state index in [0.29, 0.717) is 5.92 Å². The third-order valence-corrected chi connectivity index (χ3v) is 2.65. The molecule has 0 amide bonds. The summed E-state index contributed by atoms with van der Waals surface area (Å²) in [7, 11) is 0. The van der Waals surface area contributed by atoms with Crippen molar-refractivity contribution < 1.29 is 5.11 Å². The summed E-state index contributed by atoms with van der Waals surface area (Å²) < 4.78 is 0. The lowest BCUT2D eigenvalue weighted by atomic mass is 10.1. The van der Waals surface area contributed by atoms with Crippen LogP contribution in [0.15, 0.2) is 23.8 Å². The van der Waals surface area contributed by atoms with E-state index in [4.69, 9.17) is 0 Å². The Balaban J connectivity index is 3.36. The van der Waals surface area contributed by atoms with Crippen LogP contribution in [0.3, 0.4) is 0 Å². The van der Waals surface area contributed by atoms with Crippen molar-refractivity contribution >= 4 is 0 Å². The van der Waals surface area contributed by atoms with Gasteiger partial charge in [0.05, 0.1) is 0 Å². The number of allylic oxidation sites excluding steroid dienone is 3. The monoisotopic (exact) mass is 209 g/mol. The number of hydrogen-bond acceptors (Lipinski definition) is 0. The van der Waals surface area contributed by atoms with Crippen LogP contribution in [0.5, 0.6) is 0 Å². The van der Waals surface area contributed by atoms with E-state index in [1.165, 1.54) is 25.7 Å². The van der Waals surface area contributed by atoms with Crippen molar-refractivity contribution in [2.24, 2.45) is 5.92 Å². The first-order valence-corrected chi connectivity index (χ1v) is 6.11. The lowest BCUT2D eigenvalue weighted by Crippen LogP contribution is -1.84. The van der Waals surface area contributed by atoms with Crippen LogP contribution in [-0.2, 0) is 5.11 Å². The van der Waals surface area contributed by atoms with Crippen LogP contribution in [0, 0.1) is 5.92 Å². The highest BCUT2D eigenvalue weighted by atomic mass is 16.3. The SMILES string of the molecule is CCC(C)/C=C/CCCC/C=C(\C)C[O]. The quantitative estimate of drug-likeness (QED) is 0.413. The van der Waals surface area contributed by atoms with Gasteiger partial charge in [0.15, 0.2) is 0 Å². The maximum atomic E-state index is 10.4. The van der Waals surface area contributed by atoms with Crippen LogP contribution in [-0.4, -0.2) is 6.61 Å². The summed E-state index contributed by atoms with van der Waals surface area (Å²) in [5, 5.41) is 10.4. The van der Waals surface area contributed by atoms with Gasteiger partial charge >= 0.3 is 0 Å². The number of hydrogen-bond donors (Lipinski definition) is 0. The summed E-state index contributed by atoms with van der Waals surface area (Å²) in [6.45, 7) is 6.33. The van der Waals surface area contributed by atoms with Gasteiger partial charge in [0.25, 0.3) is 0 Å². The van der Waals surface area contributed by atoms with Crippen molar-refractivity contribution in [3.8, 4) is 0 Å². The topological polar surface area (TPSA) is 19.9 Å². The van der Waals surface area contributed by atoms with Crippen molar-refractivity contribution in [2.45, 2.75) is 52.9 Å². The molecular formula is C14H25O. The molecule has 0 saturated heterocycles. The highest BCUT2D eigenvalue weighted by Gasteiger charge is 1.90. The minimum Gasteiger partial charge on any atom is -0.232 e. The molecule has 0 fully saturated rings. The second-order valence-corrected chi connectivity index (χ2v) is 4.29. The summed E-state index contributed by atoms with van der Waals surface area (Å²) in [4.78, 5) is 0. The first-order chi connectivity index (χ1) is 7.20. The molecule has 1 atom stereocenters. The van der Waals surface area contributed by atoms with Crippen molar-refractivity contribution in [3.63, 3.8) is 0 Å². The van der Waals surface area contributed by atoms with Crippen LogP contribution in [0.2, 0.25) is 0 Å². The Labute approximate surface area is 94.9 Å². The molecular weight excluding hydrogens is 184 g/mol. The van der Waals surface area contributed by atoms with E-state index in [-0.39, 0.29) is 6.61 Å². The third-order valence-electron chi connectivity index (χ3n) is 2.65. The summed E-state index contributed by atoms with van der Waals surface area (Å²) in [5.41, 5.74) is 0.977. The zero-order valence-electron chi connectivity index (χ0n) is 10.5. The first-order valence-electron chi connectivity index (χ1n) is 6.11. The molecule has 1 radical (unpaired) electrons. The molecule has 0 aliphatic carbocycles. The summed E-state index contributed by atoms with van der Waals surface area (Å²) in [5.74, 6) is 0.715. The standard InChI is InChI=1S/C14H25O/c1-4-13(2)10-8-6-5-7-9-11-14(3)12-15/h8,10-11,13H,4-7,9,12H2,1-3H3/b10-8+,14-11+. The van der Waals surface area contributed by atoms with Gasteiger partial charge in [0.1, 0.15) is 6.61 Å². The van der Waals surface area contributed by atoms with Crippen LogP contribution in [0.4, 0.5) is 0 Å². The molecule has 1 unspecified atom stereocenters. The Hall–Kier alpha value is -0.560. The Morgan fingerprint density at radius 1 is 1.27 bits per heavy atom. The molecule has 0 aromatic heterocycles. The van der Waals surface area contributed by atoms with Gasteiger partial charge in [-0.2, -0.15) is 0 Å². The van der Waals surface area contributed by atoms with Crippen LogP contribution >= 0.6 is 0 Å². The Bertz CT molecular complexity index is 192. The van der Waals surface area contributed by atoms with Gasteiger partial charge in [0, 0.05) is 0 Å². The normalized spacial score (nSPS) is 14.8. The number of unbranched alkanes of at least 4 members (excludes halogenated alkanes) is 3. The molecule has 1 nitrogen and oxygen atoms in total. The fourth-order valence-corrected chi connectivity index (χ4v) is 1.28. The first kappa shape index (κ1) is 14.4. The van der Waals surface area contributed by atoms with Crippen LogP contribution in [0.25, 0.3) is 0 Å². The summed E-state index contributed by atoms with van der Waals surface area (Å²) in [6.07, 6.45) is 12.6. The molecule has 0 spiro atoms. The highest BCUT2D eigenvalue weighted by molar-refractivity contribution is 4.97. The smallest absolute Gasteiger partial charge is 0.103 e. The Morgan fingerprint density at radius 3 is 2.53 bits per heavy atom. The molecule has 0 N–H and O–H groups in total. The molecule has 15 heavy (non-hydrogen) atoms. The molecule has 87 valence electrons. The van der Waals surface area contributed by atoms with E-state index >= 15 is 0 Å². The zero-order valence-corrected chi connectivity index (χ0v) is 10.5. The fourth-order valence-electron chi connectivity index (χ4n) is 1.28. The molecule has 0 aliphatic rings. The van der Waals surface area contributed by atoms with E-state index in [9.17, 15) is 5.11 Å². The summed E-state index contributed by atoms with van der Waals surface area (Å²) >= 11 is 0. The Morgan fingerprint density at radius 2 is 1.93 bits per heavy atom. The van der Waals surface area contributed by atoms with E-state index < -0.39 is 0 Å². The predicted octanol–water partition coefficient (Wildman–Crippen LogP) is 4.53. The third kappa shape index (κ3) is 9.74. The van der Waals surface area contributed by atoms with Crippen molar-refractivity contribution in [1.82, 2.24) is 0 Å². The second-order valence-electron chi connectivity index (χ2n) is 4.29. The minimum absolute atomic E-state index is 0.0477. The average molecular weight is 209 g/mol. The molecule has 0 saturated carbocycles. The van der Waals surface area contributed by atoms with Crippen LogP contribution in [0.1, 0.15) is 52.9 Å². The highest BCUT2D eigenvalue weighted by Crippen LogP contribution is 2.07. The van der Waals surface area contributed by atoms with Crippen molar-refractivity contribution in [3.05, 3.63) is 23.8 Å². The van der Waals surface area contributed by atoms with Gasteiger partial charge in [-0.3, -0.25) is 0 Å². The van der Waals surface area contributed by atoms with Gasteiger partial charge < -0.3 is 0 Å². The van der Waals surface area contributed by atoms with E-state index in [0.717, 1.165) is 12.0 Å². The Kier molecular flexibility index (Phi) is 9.60. The molecule has 0 aromatic rings. The van der Waals surface area contributed by atoms with Gasteiger partial charge in [-0.1, -0.05) is 38.5 Å². The largest absolute Gasteiger partial charge is 0.232 e. The minimum atomic E-state index is -0.0477. The van der Waals surface area contributed by atoms with Gasteiger partial charge in [-0.15, -0.1) is 0 Å². The maximum absolute atomic E-state index is 10.4. The fraction of sp³-hybridized carbons (Fsp3) is 0.714. The van der Waals surface area contributed by atoms with Crippen LogP contribution < -0.4 is 0 Å². The lowest BCUT2D eigenvalue weighted by Gasteiger charge is -1.99. The van der Waals surface area contributed by atoms with Gasteiger partial charge in [-0.05, 0) is 44.1 Å². The number of rotatable bonds is 8. The van der Waals surface area contributed by atoms with Crippen molar-refractivity contribution in [2.75, 3.05) is 6.61 Å².